The van der Waals surface area contributed by atoms with Gasteiger partial charge in [0.1, 0.15) is 5.75 Å². The molecule has 2 aliphatic rings. The number of alkyl halides is 3. The lowest BCUT2D eigenvalue weighted by atomic mass is 9.95. The van der Waals surface area contributed by atoms with E-state index in [1.165, 1.54) is 44.6 Å². The van der Waals surface area contributed by atoms with Crippen molar-refractivity contribution >= 4 is 29.3 Å². The fraction of sp³-hybridized carbons (Fsp3) is 0.333. The highest BCUT2D eigenvalue weighted by molar-refractivity contribution is 6.20. The third-order valence-electron chi connectivity index (χ3n) is 6.32. The van der Waals surface area contributed by atoms with Gasteiger partial charge in [-0.15, -0.1) is 0 Å². The van der Waals surface area contributed by atoms with Crippen molar-refractivity contribution in [2.45, 2.75) is 25.6 Å². The lowest BCUT2D eigenvalue weighted by Crippen LogP contribution is -2.33. The second kappa shape index (κ2) is 11.7. The molecule has 0 unspecified atom stereocenters. The van der Waals surface area contributed by atoms with Gasteiger partial charge in [0, 0.05) is 24.9 Å². The molecule has 0 saturated carbocycles. The third kappa shape index (κ3) is 6.19. The molecule has 40 heavy (non-hydrogen) atoms. The minimum atomic E-state index is -5.41. The zero-order valence-corrected chi connectivity index (χ0v) is 21.6. The Balaban J connectivity index is 1.62. The van der Waals surface area contributed by atoms with Gasteiger partial charge in [0.25, 0.3) is 11.8 Å². The van der Waals surface area contributed by atoms with E-state index in [-0.39, 0.29) is 47.4 Å². The molecular weight excluding hydrogens is 537 g/mol. The number of rotatable bonds is 7. The number of esters is 2. The Morgan fingerprint density at radius 2 is 1.62 bits per heavy atom. The molecule has 2 aromatic carbocycles. The van der Waals surface area contributed by atoms with E-state index < -0.39 is 29.6 Å². The van der Waals surface area contributed by atoms with Crippen molar-refractivity contribution in [2.24, 2.45) is 0 Å². The maximum atomic E-state index is 13.4. The summed E-state index contributed by atoms with van der Waals surface area (Å²) in [5.74, 6) is -4.46. The molecule has 0 spiro atoms. The Kier molecular flexibility index (Phi) is 8.31. The van der Waals surface area contributed by atoms with Gasteiger partial charge in [-0.05, 0) is 54.3 Å². The molecule has 2 aliphatic heterocycles. The predicted molar refractivity (Wildman–Crippen MR) is 132 cm³/mol. The van der Waals surface area contributed by atoms with Gasteiger partial charge in [0.2, 0.25) is 0 Å². The fourth-order valence-corrected chi connectivity index (χ4v) is 4.33. The first-order chi connectivity index (χ1) is 19.0. The number of ether oxygens (including phenoxy) is 4. The average Bonchev–Trinajstić information content (AvgIpc) is 3.49. The van der Waals surface area contributed by atoms with E-state index in [0.29, 0.717) is 18.7 Å². The van der Waals surface area contributed by atoms with E-state index in [2.05, 4.69) is 4.74 Å². The highest BCUT2D eigenvalue weighted by Gasteiger charge is 2.43. The number of carbonyl (C=O) groups excluding carboxylic acids is 4. The average molecular weight is 562 g/mol. The summed E-state index contributed by atoms with van der Waals surface area (Å²) in [6, 6.07) is 8.79. The van der Waals surface area contributed by atoms with Crippen molar-refractivity contribution in [3.05, 3.63) is 59.3 Å². The second-order valence-electron chi connectivity index (χ2n) is 8.92. The van der Waals surface area contributed by atoms with Gasteiger partial charge in [-0.1, -0.05) is 6.07 Å². The summed E-state index contributed by atoms with van der Waals surface area (Å²) in [6.07, 6.45) is -2.54. The summed E-state index contributed by atoms with van der Waals surface area (Å²) in [4.78, 5) is 52.6. The van der Waals surface area contributed by atoms with Crippen LogP contribution >= 0.6 is 0 Å². The Morgan fingerprint density at radius 3 is 2.27 bits per heavy atom. The maximum absolute atomic E-state index is 13.4. The van der Waals surface area contributed by atoms with Gasteiger partial charge in [0.15, 0.2) is 18.1 Å². The van der Waals surface area contributed by atoms with E-state index in [0.717, 1.165) is 23.9 Å². The number of benzene rings is 2. The first-order valence-corrected chi connectivity index (χ1v) is 12.1. The number of hydrogen-bond donors (Lipinski definition) is 0. The molecule has 2 heterocycles. The molecule has 4 rings (SSSR count). The smallest absolute Gasteiger partial charge is 0.491 e. The number of likely N-dealkylation sites (tertiary alicyclic amines) is 1. The number of amides is 2. The monoisotopic (exact) mass is 562 g/mol. The minimum absolute atomic E-state index is 0.0965. The van der Waals surface area contributed by atoms with Gasteiger partial charge < -0.3 is 28.7 Å². The summed E-state index contributed by atoms with van der Waals surface area (Å²) in [7, 11) is 2.69. The van der Waals surface area contributed by atoms with Gasteiger partial charge in [-0.25, -0.2) is 9.59 Å². The van der Waals surface area contributed by atoms with Crippen LogP contribution in [0.4, 0.5) is 13.2 Å². The van der Waals surface area contributed by atoms with E-state index in [1.54, 1.807) is 11.0 Å². The van der Waals surface area contributed by atoms with Crippen LogP contribution in [0.5, 0.6) is 17.2 Å². The third-order valence-corrected chi connectivity index (χ3v) is 6.32. The number of hydrogen-bond acceptors (Lipinski definition) is 8. The van der Waals surface area contributed by atoms with E-state index in [4.69, 9.17) is 14.2 Å². The Bertz CT molecular complexity index is 1370. The molecule has 0 N–H and O–H groups in total. The highest BCUT2D eigenvalue weighted by Crippen LogP contribution is 2.38. The van der Waals surface area contributed by atoms with E-state index >= 15 is 0 Å². The van der Waals surface area contributed by atoms with Crippen molar-refractivity contribution < 1.29 is 51.3 Å². The molecule has 0 aromatic heterocycles. The molecule has 0 bridgehead atoms. The Morgan fingerprint density at radius 1 is 0.950 bits per heavy atom. The molecule has 2 amide bonds. The van der Waals surface area contributed by atoms with Crippen LogP contribution in [-0.4, -0.2) is 73.6 Å². The zero-order valence-electron chi connectivity index (χ0n) is 21.6. The lowest BCUT2D eigenvalue weighted by Gasteiger charge is -2.27. The predicted octanol–water partition coefficient (Wildman–Crippen LogP) is 3.33. The van der Waals surface area contributed by atoms with Crippen LogP contribution in [0.15, 0.2) is 42.6 Å². The molecule has 1 fully saturated rings. The van der Waals surface area contributed by atoms with Crippen molar-refractivity contribution in [1.29, 1.82) is 0 Å². The van der Waals surface area contributed by atoms with Crippen LogP contribution in [0.2, 0.25) is 0 Å². The van der Waals surface area contributed by atoms with Gasteiger partial charge in [-0.2, -0.15) is 13.2 Å². The summed E-state index contributed by atoms with van der Waals surface area (Å²) in [6.45, 7) is 1.02. The summed E-state index contributed by atoms with van der Waals surface area (Å²) in [5.41, 5.74) is 0.0601. The molecule has 0 aliphatic carbocycles. The molecule has 0 radical (unpaired) electrons. The first kappa shape index (κ1) is 28.5. The maximum Gasteiger partial charge on any atom is 0.491 e. The van der Waals surface area contributed by atoms with Gasteiger partial charge in [0.05, 0.1) is 26.3 Å². The SMILES string of the molecule is COc1cc2c(cc1OC)C(C(=O)OC(=O)C(F)(F)F)=CN(C(=O)c1cccc(OCC(=O)N3CCCC3)c1)C2. The summed E-state index contributed by atoms with van der Waals surface area (Å²) < 4.78 is 58.4. The van der Waals surface area contributed by atoms with E-state index in [9.17, 15) is 32.3 Å². The van der Waals surface area contributed by atoms with Crippen molar-refractivity contribution in [2.75, 3.05) is 33.9 Å². The first-order valence-electron chi connectivity index (χ1n) is 12.1. The molecule has 2 aromatic rings. The number of carbonyl (C=O) groups is 4. The topological polar surface area (TPSA) is 112 Å². The summed E-state index contributed by atoms with van der Waals surface area (Å²) >= 11 is 0. The van der Waals surface area contributed by atoms with Gasteiger partial charge >= 0.3 is 18.1 Å². The second-order valence-corrected chi connectivity index (χ2v) is 8.92. The number of fused-ring (bicyclic) bond motifs is 1. The molecule has 13 heteroatoms. The molecule has 212 valence electrons. The summed E-state index contributed by atoms with van der Waals surface area (Å²) in [5, 5.41) is 0. The molecular formula is C27H25F3N2O8. The van der Waals surface area contributed by atoms with Crippen LogP contribution in [-0.2, 0) is 25.7 Å². The zero-order chi connectivity index (χ0) is 29.0. The Labute approximate surface area is 226 Å². The molecule has 10 nitrogen and oxygen atoms in total. The number of nitrogens with zero attached hydrogens (tertiary/aromatic N) is 2. The van der Waals surface area contributed by atoms with Crippen LogP contribution in [0.1, 0.15) is 34.3 Å². The Hall–Kier alpha value is -4.55. The molecule has 0 atom stereocenters. The quantitative estimate of drug-likeness (QED) is 0.373. The number of halogens is 3. The van der Waals surface area contributed by atoms with Gasteiger partial charge in [-0.3, -0.25) is 9.59 Å². The van der Waals surface area contributed by atoms with Crippen LogP contribution in [0, 0.1) is 0 Å². The fourth-order valence-electron chi connectivity index (χ4n) is 4.33. The van der Waals surface area contributed by atoms with Crippen molar-refractivity contribution in [3.63, 3.8) is 0 Å². The lowest BCUT2D eigenvalue weighted by molar-refractivity contribution is -0.200. The van der Waals surface area contributed by atoms with Crippen molar-refractivity contribution in [3.8, 4) is 17.2 Å². The minimum Gasteiger partial charge on any atom is -0.493 e. The van der Waals surface area contributed by atoms with E-state index in [1.807, 2.05) is 0 Å². The van der Waals surface area contributed by atoms with Crippen LogP contribution in [0.3, 0.4) is 0 Å². The normalized spacial score (nSPS) is 14.7. The number of methoxy groups -OCH3 is 2. The van der Waals surface area contributed by atoms with Crippen LogP contribution in [0.25, 0.3) is 5.57 Å². The van der Waals surface area contributed by atoms with Crippen LogP contribution < -0.4 is 14.2 Å². The standard InChI is InChI=1S/C27H25F3N2O8/c1-37-21-11-17-13-32(14-20(19(17)12-22(21)38-2)25(35)40-26(36)27(28,29)30)24(34)16-6-5-7-18(10-16)39-15-23(33)31-8-3-4-9-31/h5-7,10-12,14H,3-4,8-9,13,15H2,1-2H3. The largest absolute Gasteiger partial charge is 0.493 e. The molecule has 1 saturated heterocycles. The highest BCUT2D eigenvalue weighted by atomic mass is 19.4. The van der Waals surface area contributed by atoms with Crippen molar-refractivity contribution in [1.82, 2.24) is 9.80 Å².